The predicted molar refractivity (Wildman–Crippen MR) is 109 cm³/mol. The maximum atomic E-state index is 12.3. The highest BCUT2D eigenvalue weighted by Crippen LogP contribution is 2.28. The number of anilines is 2. The zero-order valence-electron chi connectivity index (χ0n) is 16.9. The van der Waals surface area contributed by atoms with Gasteiger partial charge in [0.2, 0.25) is 0 Å². The van der Waals surface area contributed by atoms with Crippen molar-refractivity contribution in [3.05, 3.63) is 57.6 Å². The van der Waals surface area contributed by atoms with Crippen LogP contribution in [0.2, 0.25) is 0 Å². The first-order valence-corrected chi connectivity index (χ1v) is 9.01. The molecule has 0 saturated carbocycles. The van der Waals surface area contributed by atoms with E-state index in [1.54, 1.807) is 7.05 Å². The molecular formula is C20H25N4O5+. The van der Waals surface area contributed by atoms with Crippen LogP contribution in [-0.2, 0) is 9.59 Å². The molecule has 0 saturated heterocycles. The number of hydrogen-bond donors (Lipinski definition) is 3. The van der Waals surface area contributed by atoms with Crippen molar-refractivity contribution in [3.8, 4) is 5.75 Å². The second kappa shape index (κ2) is 9.65. The van der Waals surface area contributed by atoms with Gasteiger partial charge in [-0.05, 0) is 31.0 Å². The molecule has 1 atom stereocenters. The fraction of sp³-hybridized carbons (Fsp3) is 0.300. The third kappa shape index (κ3) is 6.01. The molecule has 0 aliphatic rings. The van der Waals surface area contributed by atoms with Gasteiger partial charge in [-0.1, -0.05) is 18.2 Å². The SMILES string of the molecule is COc1cc([N+](=O)[O-])ccc1NC(=O)C[NH+](C)CC(=O)Nc1c(C)cccc1C. The number of para-hydroxylation sites is 1. The minimum absolute atomic E-state index is 0.0420. The molecule has 9 heteroatoms. The average molecular weight is 401 g/mol. The molecule has 154 valence electrons. The van der Waals surface area contributed by atoms with Gasteiger partial charge in [0.05, 0.1) is 30.8 Å². The van der Waals surface area contributed by atoms with E-state index in [1.165, 1.54) is 25.3 Å². The van der Waals surface area contributed by atoms with Crippen molar-refractivity contribution in [1.82, 2.24) is 0 Å². The van der Waals surface area contributed by atoms with Gasteiger partial charge < -0.3 is 20.3 Å². The van der Waals surface area contributed by atoms with E-state index in [-0.39, 0.29) is 36.3 Å². The van der Waals surface area contributed by atoms with Gasteiger partial charge in [0, 0.05) is 11.8 Å². The highest BCUT2D eigenvalue weighted by molar-refractivity contribution is 5.94. The number of nitrogens with zero attached hydrogens (tertiary/aromatic N) is 1. The molecule has 0 bridgehead atoms. The van der Waals surface area contributed by atoms with E-state index in [9.17, 15) is 19.7 Å². The summed E-state index contributed by atoms with van der Waals surface area (Å²) in [6.45, 7) is 3.99. The Kier molecular flexibility index (Phi) is 7.27. The molecule has 2 rings (SSSR count). The normalized spacial score (nSPS) is 11.4. The summed E-state index contributed by atoms with van der Waals surface area (Å²) in [4.78, 5) is 35.6. The summed E-state index contributed by atoms with van der Waals surface area (Å²) < 4.78 is 5.11. The lowest BCUT2D eigenvalue weighted by Crippen LogP contribution is -3.11. The standard InChI is InChI=1S/C20H24N4O5/c1-13-6-5-7-14(2)20(13)22-19(26)12-23(3)11-18(25)21-16-9-8-15(24(27)28)10-17(16)29-4/h5-10H,11-12H2,1-4H3,(H,21,25)(H,22,26)/p+1. The molecule has 2 aromatic rings. The first-order chi connectivity index (χ1) is 13.7. The van der Waals surface area contributed by atoms with Crippen molar-refractivity contribution in [2.45, 2.75) is 13.8 Å². The summed E-state index contributed by atoms with van der Waals surface area (Å²) in [5.41, 5.74) is 2.92. The number of nitro benzene ring substituents is 1. The molecule has 0 spiro atoms. The summed E-state index contributed by atoms with van der Waals surface area (Å²) in [5, 5.41) is 16.4. The minimum Gasteiger partial charge on any atom is -0.494 e. The van der Waals surface area contributed by atoms with Gasteiger partial charge in [0.1, 0.15) is 5.75 Å². The van der Waals surface area contributed by atoms with Crippen molar-refractivity contribution >= 4 is 28.9 Å². The van der Waals surface area contributed by atoms with Gasteiger partial charge in [0.25, 0.3) is 17.5 Å². The lowest BCUT2D eigenvalue weighted by Gasteiger charge is -2.16. The van der Waals surface area contributed by atoms with Crippen molar-refractivity contribution in [2.75, 3.05) is 37.9 Å². The van der Waals surface area contributed by atoms with Crippen LogP contribution in [0.1, 0.15) is 11.1 Å². The average Bonchev–Trinajstić information content (AvgIpc) is 2.64. The number of non-ortho nitro benzene ring substituents is 1. The lowest BCUT2D eigenvalue weighted by atomic mass is 10.1. The van der Waals surface area contributed by atoms with Crippen LogP contribution < -0.4 is 20.3 Å². The molecule has 0 fully saturated rings. The van der Waals surface area contributed by atoms with Gasteiger partial charge >= 0.3 is 0 Å². The van der Waals surface area contributed by atoms with Gasteiger partial charge in [-0.15, -0.1) is 0 Å². The molecular weight excluding hydrogens is 376 g/mol. The van der Waals surface area contributed by atoms with Crippen molar-refractivity contribution in [3.63, 3.8) is 0 Å². The number of carbonyl (C=O) groups excluding carboxylic acids is 2. The molecule has 29 heavy (non-hydrogen) atoms. The number of quaternary nitrogens is 1. The fourth-order valence-electron chi connectivity index (χ4n) is 2.90. The van der Waals surface area contributed by atoms with Crippen LogP contribution >= 0.6 is 0 Å². The van der Waals surface area contributed by atoms with E-state index >= 15 is 0 Å². The van der Waals surface area contributed by atoms with Crippen LogP contribution in [0, 0.1) is 24.0 Å². The Balaban J connectivity index is 1.94. The highest BCUT2D eigenvalue weighted by atomic mass is 16.6. The molecule has 2 amide bonds. The van der Waals surface area contributed by atoms with Crippen molar-refractivity contribution in [1.29, 1.82) is 0 Å². The molecule has 2 aromatic carbocycles. The molecule has 0 aliphatic carbocycles. The number of benzene rings is 2. The molecule has 0 radical (unpaired) electrons. The van der Waals surface area contributed by atoms with Crippen LogP contribution in [0.25, 0.3) is 0 Å². The Morgan fingerprint density at radius 2 is 1.66 bits per heavy atom. The Hall–Kier alpha value is -3.46. The first-order valence-electron chi connectivity index (χ1n) is 9.01. The number of ether oxygens (including phenoxy) is 1. The number of hydrogen-bond acceptors (Lipinski definition) is 5. The zero-order valence-corrected chi connectivity index (χ0v) is 16.9. The largest absolute Gasteiger partial charge is 0.494 e. The van der Waals surface area contributed by atoms with E-state index in [2.05, 4.69) is 10.6 Å². The van der Waals surface area contributed by atoms with E-state index < -0.39 is 4.92 Å². The summed E-state index contributed by atoms with van der Waals surface area (Å²) >= 11 is 0. The molecule has 0 aromatic heterocycles. The molecule has 9 nitrogen and oxygen atoms in total. The number of rotatable bonds is 8. The highest BCUT2D eigenvalue weighted by Gasteiger charge is 2.18. The first kappa shape index (κ1) is 21.8. The van der Waals surface area contributed by atoms with Crippen LogP contribution in [0.5, 0.6) is 5.75 Å². The number of nitrogens with one attached hydrogen (secondary N) is 3. The van der Waals surface area contributed by atoms with Gasteiger partial charge in [-0.3, -0.25) is 19.7 Å². The van der Waals surface area contributed by atoms with E-state index in [0.717, 1.165) is 16.8 Å². The topological polar surface area (TPSA) is 115 Å². The van der Waals surface area contributed by atoms with Crippen LogP contribution in [-0.4, -0.2) is 44.0 Å². The fourth-order valence-corrected chi connectivity index (χ4v) is 2.90. The Labute approximate surface area is 168 Å². The van der Waals surface area contributed by atoms with Crippen molar-refractivity contribution < 1.29 is 24.1 Å². The van der Waals surface area contributed by atoms with Crippen molar-refractivity contribution in [2.24, 2.45) is 0 Å². The molecule has 3 N–H and O–H groups in total. The second-order valence-electron chi connectivity index (χ2n) is 6.82. The summed E-state index contributed by atoms with van der Waals surface area (Å²) in [6.07, 6.45) is 0. The number of nitro groups is 1. The Morgan fingerprint density at radius 1 is 1.07 bits per heavy atom. The number of methoxy groups -OCH3 is 1. The smallest absolute Gasteiger partial charge is 0.279 e. The molecule has 0 aliphatic heterocycles. The van der Waals surface area contributed by atoms with Gasteiger partial charge in [-0.2, -0.15) is 0 Å². The number of carbonyl (C=O) groups is 2. The van der Waals surface area contributed by atoms with Crippen LogP contribution in [0.3, 0.4) is 0 Å². The zero-order chi connectivity index (χ0) is 21.6. The third-order valence-electron chi connectivity index (χ3n) is 4.34. The quantitative estimate of drug-likeness (QED) is 0.456. The van der Waals surface area contributed by atoms with E-state index in [4.69, 9.17) is 4.74 Å². The maximum Gasteiger partial charge on any atom is 0.279 e. The van der Waals surface area contributed by atoms with Gasteiger partial charge in [-0.25, -0.2) is 0 Å². The minimum atomic E-state index is -0.541. The summed E-state index contributed by atoms with van der Waals surface area (Å²) in [6, 6.07) is 9.71. The predicted octanol–water partition coefficient (Wildman–Crippen LogP) is 1.31. The second-order valence-corrected chi connectivity index (χ2v) is 6.82. The Morgan fingerprint density at radius 3 is 2.21 bits per heavy atom. The third-order valence-corrected chi connectivity index (χ3v) is 4.34. The van der Waals surface area contributed by atoms with E-state index in [1.807, 2.05) is 32.0 Å². The number of aryl methyl sites for hydroxylation is 2. The summed E-state index contributed by atoms with van der Waals surface area (Å²) in [5.74, 6) is -0.340. The Bertz CT molecular complexity index is 909. The van der Waals surface area contributed by atoms with Gasteiger partial charge in [0.15, 0.2) is 13.1 Å². The van der Waals surface area contributed by atoms with E-state index in [0.29, 0.717) is 10.6 Å². The van der Waals surface area contributed by atoms with Crippen LogP contribution in [0.4, 0.5) is 17.1 Å². The molecule has 0 heterocycles. The molecule has 1 unspecified atom stereocenters. The monoisotopic (exact) mass is 401 g/mol. The number of likely N-dealkylation sites (N-methyl/N-ethyl adjacent to an activating group) is 1. The maximum absolute atomic E-state index is 12.3. The summed E-state index contributed by atoms with van der Waals surface area (Å²) in [7, 11) is 3.10. The van der Waals surface area contributed by atoms with Crippen LogP contribution in [0.15, 0.2) is 36.4 Å². The lowest BCUT2D eigenvalue weighted by molar-refractivity contribution is -0.862. The number of amides is 2.